The third-order valence-corrected chi connectivity index (χ3v) is 12.3. The van der Waals surface area contributed by atoms with Crippen LogP contribution < -0.4 is 0 Å². The molecule has 0 spiro atoms. The zero-order valence-electron chi connectivity index (χ0n) is 26.7. The van der Waals surface area contributed by atoms with Crippen molar-refractivity contribution in [3.8, 4) is 33.8 Å². The van der Waals surface area contributed by atoms with Gasteiger partial charge in [0.25, 0.3) is 0 Å². The number of thiophene rings is 2. The van der Waals surface area contributed by atoms with Crippen LogP contribution in [0.4, 0.5) is 0 Å². The van der Waals surface area contributed by atoms with Gasteiger partial charge in [-0.2, -0.15) is 0 Å². The molecule has 50 heavy (non-hydrogen) atoms. The van der Waals surface area contributed by atoms with E-state index in [0.717, 1.165) is 32.9 Å². The van der Waals surface area contributed by atoms with Crippen molar-refractivity contribution >= 4 is 95.5 Å². The van der Waals surface area contributed by atoms with Gasteiger partial charge in [-0.15, -0.1) is 22.7 Å². The summed E-state index contributed by atoms with van der Waals surface area (Å²) in [5.74, 6) is 0.748. The summed E-state index contributed by atoms with van der Waals surface area (Å²) in [7, 11) is 0. The first-order valence-corrected chi connectivity index (χ1v) is 18.5. The summed E-state index contributed by atoms with van der Waals surface area (Å²) in [6, 6.07) is 57.1. The van der Waals surface area contributed by atoms with Crippen LogP contribution in [0, 0.1) is 0 Å². The van der Waals surface area contributed by atoms with Gasteiger partial charge in [0.1, 0.15) is 0 Å². The van der Waals surface area contributed by atoms with Crippen LogP contribution in [0.15, 0.2) is 158 Å². The van der Waals surface area contributed by atoms with Gasteiger partial charge in [-0.1, -0.05) is 127 Å². The third kappa shape index (κ3) is 4.13. The quantitative estimate of drug-likeness (QED) is 0.175. The predicted molar refractivity (Wildman–Crippen MR) is 217 cm³/mol. The lowest BCUT2D eigenvalue weighted by Gasteiger charge is -2.14. The summed E-state index contributed by atoms with van der Waals surface area (Å²) in [4.78, 5) is 10.7. The van der Waals surface area contributed by atoms with Crippen molar-refractivity contribution < 1.29 is 0 Å². The van der Waals surface area contributed by atoms with Crippen LogP contribution in [-0.2, 0) is 0 Å². The van der Waals surface area contributed by atoms with Crippen LogP contribution in [0.2, 0.25) is 0 Å². The number of hydrogen-bond acceptors (Lipinski definition) is 4. The van der Waals surface area contributed by atoms with E-state index in [1.165, 1.54) is 73.7 Å². The van der Waals surface area contributed by atoms with Gasteiger partial charge in [-0.3, -0.25) is 0 Å². The van der Waals surface area contributed by atoms with Crippen molar-refractivity contribution in [2.75, 3.05) is 0 Å². The molecular weight excluding hydrogens is 645 g/mol. The van der Waals surface area contributed by atoms with Gasteiger partial charge in [0.15, 0.2) is 5.82 Å². The van der Waals surface area contributed by atoms with E-state index in [4.69, 9.17) is 9.97 Å². The number of benzene rings is 8. The molecule has 0 atom stereocenters. The van der Waals surface area contributed by atoms with Crippen molar-refractivity contribution in [2.45, 2.75) is 0 Å². The van der Waals surface area contributed by atoms with Crippen molar-refractivity contribution in [3.05, 3.63) is 158 Å². The molecule has 4 heteroatoms. The van der Waals surface area contributed by atoms with E-state index >= 15 is 0 Å². The first-order chi connectivity index (χ1) is 24.8. The predicted octanol–water partition coefficient (Wildman–Crippen LogP) is 13.7. The molecule has 0 N–H and O–H groups in total. The first kappa shape index (κ1) is 28.0. The molecule has 0 saturated carbocycles. The maximum Gasteiger partial charge on any atom is 0.160 e. The minimum Gasteiger partial charge on any atom is -0.226 e. The minimum absolute atomic E-state index is 0.748. The lowest BCUT2D eigenvalue weighted by molar-refractivity contribution is 1.24. The summed E-state index contributed by atoms with van der Waals surface area (Å²) >= 11 is 3.61. The zero-order valence-corrected chi connectivity index (χ0v) is 28.4. The molecule has 0 radical (unpaired) electrons. The van der Waals surface area contributed by atoms with Gasteiger partial charge in [0.05, 0.1) is 15.9 Å². The average Bonchev–Trinajstić information content (AvgIpc) is 3.76. The van der Waals surface area contributed by atoms with E-state index in [1.807, 2.05) is 11.3 Å². The maximum absolute atomic E-state index is 5.36. The van der Waals surface area contributed by atoms with E-state index in [9.17, 15) is 0 Å². The summed E-state index contributed by atoms with van der Waals surface area (Å²) in [5, 5.41) is 11.4. The fourth-order valence-electron chi connectivity index (χ4n) is 7.80. The van der Waals surface area contributed by atoms with E-state index < -0.39 is 0 Å². The Hall–Kier alpha value is -5.94. The highest BCUT2D eigenvalue weighted by Crippen LogP contribution is 2.45. The molecule has 2 nitrogen and oxygen atoms in total. The molecule has 0 bridgehead atoms. The Labute approximate surface area is 295 Å². The van der Waals surface area contributed by atoms with Crippen LogP contribution >= 0.6 is 22.7 Å². The third-order valence-electron chi connectivity index (χ3n) is 10.1. The second-order valence-corrected chi connectivity index (χ2v) is 15.0. The lowest BCUT2D eigenvalue weighted by atomic mass is 9.90. The fourth-order valence-corrected chi connectivity index (χ4v) is 10.1. The second-order valence-electron chi connectivity index (χ2n) is 12.9. The molecule has 11 aromatic rings. The van der Waals surface area contributed by atoms with Gasteiger partial charge >= 0.3 is 0 Å². The average molecular weight is 671 g/mol. The van der Waals surface area contributed by atoms with E-state index in [1.54, 1.807) is 11.3 Å². The fraction of sp³-hybridized carbons (Fsp3) is 0. The molecule has 0 saturated heterocycles. The van der Waals surface area contributed by atoms with Crippen molar-refractivity contribution in [1.29, 1.82) is 0 Å². The van der Waals surface area contributed by atoms with E-state index in [-0.39, 0.29) is 0 Å². The highest BCUT2D eigenvalue weighted by molar-refractivity contribution is 7.26. The van der Waals surface area contributed by atoms with Gasteiger partial charge < -0.3 is 0 Å². The molecular formula is C46H26N2S2. The highest BCUT2D eigenvalue weighted by atomic mass is 32.1. The molecule has 11 rings (SSSR count). The van der Waals surface area contributed by atoms with E-state index in [2.05, 4.69) is 158 Å². The number of fused-ring (bicyclic) bond motifs is 12. The summed E-state index contributed by atoms with van der Waals surface area (Å²) in [6.45, 7) is 0. The SMILES string of the molecule is c1ccc(-c2nc(-c3cc(-c4ccc5c6ccccc6c6ccccc6c5c4)c4c(c3)sc3ccccc34)nc3c2sc2ccccc23)cc1. The Morgan fingerprint density at radius 3 is 1.66 bits per heavy atom. The van der Waals surface area contributed by atoms with Gasteiger partial charge in [0.2, 0.25) is 0 Å². The Balaban J connectivity index is 1.23. The number of aromatic nitrogens is 2. The maximum atomic E-state index is 5.36. The number of hydrogen-bond donors (Lipinski definition) is 0. The standard InChI is InChI=1S/C46H26N2S2/c1-2-12-27(13-3-1)43-45-44(36-19-9-11-21-40(36)50-45)48-46(47-43)29-25-37(42-35-18-8-10-20-39(35)49-41(42)26-29)28-22-23-34-32-16-5-4-14-30(32)31-15-6-7-17-33(31)38(34)24-28/h1-26H. The molecule has 232 valence electrons. The molecule has 0 amide bonds. The Kier molecular flexibility index (Phi) is 6.03. The monoisotopic (exact) mass is 670 g/mol. The Morgan fingerprint density at radius 1 is 0.360 bits per heavy atom. The largest absolute Gasteiger partial charge is 0.226 e. The summed E-state index contributed by atoms with van der Waals surface area (Å²) < 4.78 is 4.87. The molecule has 8 aromatic carbocycles. The topological polar surface area (TPSA) is 25.8 Å². The van der Waals surface area contributed by atoms with Crippen LogP contribution in [0.25, 0.3) is 107 Å². The van der Waals surface area contributed by atoms with Crippen LogP contribution in [0.3, 0.4) is 0 Å². The molecule has 3 aromatic heterocycles. The van der Waals surface area contributed by atoms with Crippen molar-refractivity contribution in [2.24, 2.45) is 0 Å². The number of nitrogens with zero attached hydrogens (tertiary/aromatic N) is 2. The van der Waals surface area contributed by atoms with E-state index in [0.29, 0.717) is 0 Å². The molecule has 0 aliphatic carbocycles. The van der Waals surface area contributed by atoms with Crippen molar-refractivity contribution in [1.82, 2.24) is 9.97 Å². The highest BCUT2D eigenvalue weighted by Gasteiger charge is 2.20. The minimum atomic E-state index is 0.748. The number of rotatable bonds is 3. The Bertz CT molecular complexity index is 3120. The molecule has 0 aliphatic heterocycles. The van der Waals surface area contributed by atoms with Crippen molar-refractivity contribution in [3.63, 3.8) is 0 Å². The van der Waals surface area contributed by atoms with Crippen LogP contribution in [0.5, 0.6) is 0 Å². The zero-order chi connectivity index (χ0) is 32.8. The molecule has 0 fully saturated rings. The van der Waals surface area contributed by atoms with Gasteiger partial charge in [-0.05, 0) is 73.8 Å². The summed E-state index contributed by atoms with van der Waals surface area (Å²) in [5.41, 5.74) is 6.51. The first-order valence-electron chi connectivity index (χ1n) is 16.8. The second kappa shape index (κ2) is 10.8. The van der Waals surface area contributed by atoms with Gasteiger partial charge in [0, 0.05) is 41.4 Å². The van der Waals surface area contributed by atoms with Crippen LogP contribution in [-0.4, -0.2) is 9.97 Å². The molecule has 3 heterocycles. The smallest absolute Gasteiger partial charge is 0.160 e. The summed E-state index contributed by atoms with van der Waals surface area (Å²) in [6.07, 6.45) is 0. The van der Waals surface area contributed by atoms with Crippen LogP contribution in [0.1, 0.15) is 0 Å². The Morgan fingerprint density at radius 2 is 0.940 bits per heavy atom. The lowest BCUT2D eigenvalue weighted by Crippen LogP contribution is -1.94. The normalized spacial score (nSPS) is 12.0. The van der Waals surface area contributed by atoms with Gasteiger partial charge in [-0.25, -0.2) is 9.97 Å². The molecule has 0 unspecified atom stereocenters. The molecule has 0 aliphatic rings.